The second-order valence-corrected chi connectivity index (χ2v) is 6.15. The van der Waals surface area contributed by atoms with Crippen molar-refractivity contribution in [2.45, 2.75) is 17.1 Å². The molecule has 1 unspecified atom stereocenters. The minimum Gasteiger partial charge on any atom is -0.390 e. The molecule has 0 aliphatic rings. The van der Waals surface area contributed by atoms with Gasteiger partial charge in [0.05, 0.1) is 19.3 Å². The Labute approximate surface area is 119 Å². The molecule has 3 N–H and O–H groups in total. The number of hydrogen-bond donors (Lipinski definition) is 2. The summed E-state index contributed by atoms with van der Waals surface area (Å²) in [6.45, 7) is 0.810. The average molecular weight is 297 g/mol. The molecule has 0 amide bonds. The minimum atomic E-state index is -0.529. The Balaban J connectivity index is 1.63. The van der Waals surface area contributed by atoms with Crippen LogP contribution in [0.5, 0.6) is 0 Å². The number of benzene rings is 1. The summed E-state index contributed by atoms with van der Waals surface area (Å²) in [4.78, 5) is 0. The van der Waals surface area contributed by atoms with Gasteiger partial charge < -0.3 is 15.6 Å². The molecule has 0 saturated heterocycles. The van der Waals surface area contributed by atoms with Crippen LogP contribution in [0.3, 0.4) is 0 Å². The monoisotopic (exact) mass is 297 g/mol. The highest BCUT2D eigenvalue weighted by Gasteiger charge is 2.08. The maximum absolute atomic E-state index is 9.77. The van der Waals surface area contributed by atoms with Crippen molar-refractivity contribution >= 4 is 28.2 Å². The van der Waals surface area contributed by atoms with Crippen LogP contribution in [0.2, 0.25) is 0 Å². The van der Waals surface area contributed by atoms with Crippen LogP contribution < -0.4 is 5.73 Å². The quantitative estimate of drug-likeness (QED) is 0.758. The summed E-state index contributed by atoms with van der Waals surface area (Å²) >= 11 is 2.75. The van der Waals surface area contributed by atoms with Crippen molar-refractivity contribution < 1.29 is 9.84 Å². The SMILES string of the molecule is Nc1nnc(SCC(O)COCc2ccccc2)s1. The van der Waals surface area contributed by atoms with Gasteiger partial charge in [0.15, 0.2) is 4.34 Å². The van der Waals surface area contributed by atoms with Crippen molar-refractivity contribution in [2.24, 2.45) is 0 Å². The molecule has 1 aromatic heterocycles. The first kappa shape index (κ1) is 14.3. The molecular formula is C12H15N3O2S2. The first-order chi connectivity index (χ1) is 9.24. The van der Waals surface area contributed by atoms with Crippen LogP contribution in [-0.4, -0.2) is 33.8 Å². The van der Waals surface area contributed by atoms with E-state index in [1.807, 2.05) is 30.3 Å². The van der Waals surface area contributed by atoms with Gasteiger partial charge in [-0.25, -0.2) is 0 Å². The van der Waals surface area contributed by atoms with Gasteiger partial charge in [-0.1, -0.05) is 53.4 Å². The zero-order valence-electron chi connectivity index (χ0n) is 10.2. The maximum Gasteiger partial charge on any atom is 0.203 e. The number of rotatable bonds is 7. The summed E-state index contributed by atoms with van der Waals surface area (Å²) < 4.78 is 6.22. The topological polar surface area (TPSA) is 81.3 Å². The molecule has 1 atom stereocenters. The molecule has 0 spiro atoms. The third-order valence-corrected chi connectivity index (χ3v) is 4.27. The Hall–Kier alpha value is -1.15. The Kier molecular flexibility index (Phi) is 5.59. The summed E-state index contributed by atoms with van der Waals surface area (Å²) in [5.41, 5.74) is 6.57. The van der Waals surface area contributed by atoms with Crippen molar-refractivity contribution in [3.05, 3.63) is 35.9 Å². The Morgan fingerprint density at radius 2 is 2.11 bits per heavy atom. The lowest BCUT2D eigenvalue weighted by Crippen LogP contribution is -2.17. The highest BCUT2D eigenvalue weighted by molar-refractivity contribution is 8.01. The van der Waals surface area contributed by atoms with E-state index in [9.17, 15) is 5.11 Å². The predicted molar refractivity (Wildman–Crippen MR) is 77.2 cm³/mol. The highest BCUT2D eigenvalue weighted by atomic mass is 32.2. The molecule has 0 fully saturated rings. The molecule has 2 rings (SSSR count). The largest absolute Gasteiger partial charge is 0.390 e. The Morgan fingerprint density at radius 3 is 2.79 bits per heavy atom. The molecule has 0 bridgehead atoms. The Bertz CT molecular complexity index is 493. The van der Waals surface area contributed by atoms with Crippen LogP contribution in [-0.2, 0) is 11.3 Å². The van der Waals surface area contributed by atoms with Gasteiger partial charge in [-0.15, -0.1) is 10.2 Å². The number of aromatic nitrogens is 2. The molecule has 0 saturated carbocycles. The molecule has 19 heavy (non-hydrogen) atoms. The molecule has 1 heterocycles. The molecule has 5 nitrogen and oxygen atoms in total. The molecule has 1 aromatic carbocycles. The number of nitrogen functional groups attached to an aromatic ring is 1. The van der Waals surface area contributed by atoms with E-state index in [-0.39, 0.29) is 0 Å². The number of nitrogens with zero attached hydrogens (tertiary/aromatic N) is 2. The van der Waals surface area contributed by atoms with Gasteiger partial charge in [0.2, 0.25) is 5.13 Å². The zero-order valence-corrected chi connectivity index (χ0v) is 11.9. The van der Waals surface area contributed by atoms with Gasteiger partial charge in [0.1, 0.15) is 0 Å². The molecule has 102 valence electrons. The van der Waals surface area contributed by atoms with Gasteiger partial charge in [0, 0.05) is 5.75 Å². The molecule has 0 radical (unpaired) electrons. The number of aliphatic hydroxyl groups is 1. The lowest BCUT2D eigenvalue weighted by molar-refractivity contribution is 0.0398. The number of anilines is 1. The average Bonchev–Trinajstić information content (AvgIpc) is 2.83. The van der Waals surface area contributed by atoms with Crippen molar-refractivity contribution in [3.8, 4) is 0 Å². The highest BCUT2D eigenvalue weighted by Crippen LogP contribution is 2.23. The van der Waals surface area contributed by atoms with Crippen molar-refractivity contribution in [3.63, 3.8) is 0 Å². The van der Waals surface area contributed by atoms with Crippen LogP contribution in [0.15, 0.2) is 34.7 Å². The predicted octanol–water partition coefficient (Wildman–Crippen LogP) is 1.79. The molecule has 0 aliphatic heterocycles. The summed E-state index contributed by atoms with van der Waals surface area (Å²) in [5, 5.41) is 17.8. The van der Waals surface area contributed by atoms with Crippen molar-refractivity contribution in [2.75, 3.05) is 18.1 Å². The van der Waals surface area contributed by atoms with Crippen LogP contribution >= 0.6 is 23.1 Å². The Morgan fingerprint density at radius 1 is 1.32 bits per heavy atom. The van der Waals surface area contributed by atoms with E-state index in [0.717, 1.165) is 9.90 Å². The van der Waals surface area contributed by atoms with Gasteiger partial charge >= 0.3 is 0 Å². The number of aliphatic hydroxyl groups excluding tert-OH is 1. The first-order valence-electron chi connectivity index (χ1n) is 5.75. The molecule has 0 aliphatic carbocycles. The fourth-order valence-corrected chi connectivity index (χ4v) is 2.95. The summed E-state index contributed by atoms with van der Waals surface area (Å²) in [6.07, 6.45) is -0.529. The summed E-state index contributed by atoms with van der Waals surface area (Å²) in [5.74, 6) is 0.517. The van der Waals surface area contributed by atoms with Gasteiger partial charge in [0.25, 0.3) is 0 Å². The fourth-order valence-electron chi connectivity index (χ4n) is 1.38. The van der Waals surface area contributed by atoms with Gasteiger partial charge in [-0.2, -0.15) is 0 Å². The maximum atomic E-state index is 9.77. The van der Waals surface area contributed by atoms with E-state index >= 15 is 0 Å². The summed E-state index contributed by atoms with van der Waals surface area (Å²) in [7, 11) is 0. The summed E-state index contributed by atoms with van der Waals surface area (Å²) in [6, 6.07) is 9.87. The van der Waals surface area contributed by atoms with Crippen molar-refractivity contribution in [1.82, 2.24) is 10.2 Å². The van der Waals surface area contributed by atoms with Crippen LogP contribution in [0.4, 0.5) is 5.13 Å². The lowest BCUT2D eigenvalue weighted by atomic mass is 10.2. The van der Waals surface area contributed by atoms with Gasteiger partial charge in [-0.3, -0.25) is 0 Å². The standard InChI is InChI=1S/C12H15N3O2S2/c13-11-14-15-12(19-11)18-8-10(16)7-17-6-9-4-2-1-3-5-9/h1-5,10,16H,6-8H2,(H2,13,14). The smallest absolute Gasteiger partial charge is 0.203 e. The van der Waals surface area contributed by atoms with E-state index in [0.29, 0.717) is 24.1 Å². The number of nitrogens with two attached hydrogens (primary N) is 1. The third-order valence-electron chi connectivity index (χ3n) is 2.24. The minimum absolute atomic E-state index is 0.302. The first-order valence-corrected chi connectivity index (χ1v) is 7.56. The number of hydrogen-bond acceptors (Lipinski definition) is 7. The molecular weight excluding hydrogens is 282 g/mol. The normalized spacial score (nSPS) is 12.5. The number of thioether (sulfide) groups is 1. The van der Waals surface area contributed by atoms with E-state index < -0.39 is 6.10 Å². The van der Waals surface area contributed by atoms with E-state index in [1.54, 1.807) is 0 Å². The lowest BCUT2D eigenvalue weighted by Gasteiger charge is -2.09. The second kappa shape index (κ2) is 7.44. The van der Waals surface area contributed by atoms with Crippen LogP contribution in [0, 0.1) is 0 Å². The number of ether oxygens (including phenoxy) is 1. The third kappa shape index (κ3) is 5.15. The molecule has 7 heteroatoms. The second-order valence-electron chi connectivity index (χ2n) is 3.87. The van der Waals surface area contributed by atoms with E-state index in [1.165, 1.54) is 23.1 Å². The fraction of sp³-hybridized carbons (Fsp3) is 0.333. The molecule has 2 aromatic rings. The zero-order chi connectivity index (χ0) is 13.5. The van der Waals surface area contributed by atoms with Crippen LogP contribution in [0.25, 0.3) is 0 Å². The van der Waals surface area contributed by atoms with Gasteiger partial charge in [-0.05, 0) is 5.56 Å². The van der Waals surface area contributed by atoms with Crippen LogP contribution in [0.1, 0.15) is 5.56 Å². The van der Waals surface area contributed by atoms with E-state index in [2.05, 4.69) is 10.2 Å². The van der Waals surface area contributed by atoms with Crippen molar-refractivity contribution in [1.29, 1.82) is 0 Å². The van der Waals surface area contributed by atoms with E-state index in [4.69, 9.17) is 10.5 Å².